The number of carbonyl (C=O) groups is 3. The van der Waals surface area contributed by atoms with Gasteiger partial charge in [-0.15, -0.1) is 0 Å². The van der Waals surface area contributed by atoms with Crippen LogP contribution in [-0.4, -0.2) is 62.4 Å². The Labute approximate surface area is 136 Å². The smallest absolute Gasteiger partial charge is 0.326 e. The Morgan fingerprint density at radius 3 is 2.52 bits per heavy atom. The highest BCUT2D eigenvalue weighted by Crippen LogP contribution is 2.06. The zero-order valence-corrected chi connectivity index (χ0v) is 13.7. The first-order valence-corrected chi connectivity index (χ1v) is 7.96. The van der Waals surface area contributed by atoms with E-state index in [4.69, 9.17) is 14.6 Å². The van der Waals surface area contributed by atoms with Gasteiger partial charge >= 0.3 is 5.97 Å². The normalized spacial score (nSPS) is 11.7. The first kappa shape index (κ1) is 21.3. The number of hydrogen-bond acceptors (Lipinski definition) is 5. The average molecular weight is 332 g/mol. The minimum absolute atomic E-state index is 0.200. The molecule has 1 unspecified atom stereocenters. The van der Waals surface area contributed by atoms with E-state index in [1.165, 1.54) is 0 Å². The van der Waals surface area contributed by atoms with Gasteiger partial charge in [-0.25, -0.2) is 4.79 Å². The van der Waals surface area contributed by atoms with Crippen LogP contribution in [0.3, 0.4) is 0 Å². The van der Waals surface area contributed by atoms with E-state index in [2.05, 4.69) is 17.6 Å². The van der Waals surface area contributed by atoms with Crippen LogP contribution in [-0.2, 0) is 23.9 Å². The fraction of sp³-hybridized carbons (Fsp3) is 0.800. The van der Waals surface area contributed by atoms with Gasteiger partial charge in [0.1, 0.15) is 12.6 Å². The van der Waals surface area contributed by atoms with Crippen molar-refractivity contribution in [3.63, 3.8) is 0 Å². The van der Waals surface area contributed by atoms with Crippen LogP contribution in [0.25, 0.3) is 0 Å². The Kier molecular flexibility index (Phi) is 14.1. The first-order valence-electron chi connectivity index (χ1n) is 7.96. The Balaban J connectivity index is 3.70. The molecule has 0 radical (unpaired) electrons. The zero-order chi connectivity index (χ0) is 17.3. The van der Waals surface area contributed by atoms with Crippen molar-refractivity contribution in [1.29, 1.82) is 0 Å². The highest BCUT2D eigenvalue weighted by Gasteiger charge is 2.19. The second-order valence-electron chi connectivity index (χ2n) is 5.04. The van der Waals surface area contributed by atoms with Gasteiger partial charge in [-0.05, 0) is 6.42 Å². The van der Waals surface area contributed by atoms with Crippen LogP contribution in [0.15, 0.2) is 0 Å². The van der Waals surface area contributed by atoms with E-state index in [9.17, 15) is 14.4 Å². The highest BCUT2D eigenvalue weighted by atomic mass is 16.5. The zero-order valence-electron chi connectivity index (χ0n) is 13.7. The predicted molar refractivity (Wildman–Crippen MR) is 84.0 cm³/mol. The van der Waals surface area contributed by atoms with E-state index in [0.29, 0.717) is 32.6 Å². The Bertz CT molecular complexity index is 338. The fourth-order valence-corrected chi connectivity index (χ4v) is 1.84. The molecule has 0 aliphatic carbocycles. The fourth-order valence-electron chi connectivity index (χ4n) is 1.84. The summed E-state index contributed by atoms with van der Waals surface area (Å²) in [6.45, 7) is 3.19. The molecule has 0 rings (SSSR count). The van der Waals surface area contributed by atoms with Gasteiger partial charge in [0, 0.05) is 6.54 Å². The second kappa shape index (κ2) is 15.2. The topological polar surface area (TPSA) is 114 Å². The van der Waals surface area contributed by atoms with Gasteiger partial charge in [0.15, 0.2) is 0 Å². The maximum atomic E-state index is 11.6. The number of carbonyl (C=O) groups excluding carboxylic acids is 2. The van der Waals surface area contributed by atoms with Crippen LogP contribution in [0.4, 0.5) is 0 Å². The number of carboxylic acid groups (broad SMARTS) is 1. The molecule has 0 heterocycles. The number of unbranched alkanes of at least 4 members (excludes halogenated alkanes) is 3. The van der Waals surface area contributed by atoms with Gasteiger partial charge < -0.3 is 25.2 Å². The first-order chi connectivity index (χ1) is 11.1. The van der Waals surface area contributed by atoms with Gasteiger partial charge in [0.2, 0.25) is 12.3 Å². The SMILES string of the molecule is CCCCCCC(NC(=O)COCCOCCNC=O)C(=O)O. The van der Waals surface area contributed by atoms with Gasteiger partial charge in [-0.2, -0.15) is 0 Å². The third-order valence-electron chi connectivity index (χ3n) is 3.06. The maximum Gasteiger partial charge on any atom is 0.326 e. The molecule has 0 aliphatic heterocycles. The molecular formula is C15H28N2O6. The third kappa shape index (κ3) is 13.7. The largest absolute Gasteiger partial charge is 0.480 e. The third-order valence-corrected chi connectivity index (χ3v) is 3.06. The summed E-state index contributed by atoms with van der Waals surface area (Å²) >= 11 is 0. The summed E-state index contributed by atoms with van der Waals surface area (Å²) in [5.41, 5.74) is 0. The quantitative estimate of drug-likeness (QED) is 0.277. The lowest BCUT2D eigenvalue weighted by atomic mass is 10.1. The maximum absolute atomic E-state index is 11.6. The molecular weight excluding hydrogens is 304 g/mol. The molecule has 8 nitrogen and oxygen atoms in total. The molecule has 8 heteroatoms. The summed E-state index contributed by atoms with van der Waals surface area (Å²) in [6, 6.07) is -0.867. The van der Waals surface area contributed by atoms with E-state index in [1.54, 1.807) is 0 Å². The molecule has 0 fully saturated rings. The van der Waals surface area contributed by atoms with E-state index in [0.717, 1.165) is 25.7 Å². The molecule has 0 bridgehead atoms. The van der Waals surface area contributed by atoms with Gasteiger partial charge in [0.05, 0.1) is 19.8 Å². The van der Waals surface area contributed by atoms with Crippen LogP contribution in [0.5, 0.6) is 0 Å². The second-order valence-corrected chi connectivity index (χ2v) is 5.04. The molecule has 3 N–H and O–H groups in total. The lowest BCUT2D eigenvalue weighted by Crippen LogP contribution is -2.42. The summed E-state index contributed by atoms with van der Waals surface area (Å²) < 4.78 is 10.2. The van der Waals surface area contributed by atoms with E-state index >= 15 is 0 Å². The van der Waals surface area contributed by atoms with E-state index in [1.807, 2.05) is 0 Å². The van der Waals surface area contributed by atoms with Crippen molar-refractivity contribution < 1.29 is 29.0 Å². The van der Waals surface area contributed by atoms with Crippen LogP contribution in [0.2, 0.25) is 0 Å². The van der Waals surface area contributed by atoms with Crippen molar-refractivity contribution in [3.8, 4) is 0 Å². The van der Waals surface area contributed by atoms with Gasteiger partial charge in [-0.3, -0.25) is 9.59 Å². The molecule has 0 aromatic rings. The van der Waals surface area contributed by atoms with Crippen LogP contribution in [0, 0.1) is 0 Å². The molecule has 0 aliphatic rings. The van der Waals surface area contributed by atoms with E-state index in [-0.39, 0.29) is 13.2 Å². The number of aliphatic carboxylic acids is 1. The summed E-state index contributed by atoms with van der Waals surface area (Å²) in [7, 11) is 0. The van der Waals surface area contributed by atoms with Crippen molar-refractivity contribution in [1.82, 2.24) is 10.6 Å². The van der Waals surface area contributed by atoms with Crippen molar-refractivity contribution in [2.24, 2.45) is 0 Å². The summed E-state index contributed by atoms with van der Waals surface area (Å²) in [6.07, 6.45) is 4.88. The molecule has 0 spiro atoms. The van der Waals surface area contributed by atoms with Gasteiger partial charge in [-0.1, -0.05) is 32.6 Å². The molecule has 0 aromatic carbocycles. The minimum Gasteiger partial charge on any atom is -0.480 e. The predicted octanol–water partition coefficient (Wildman–Crippen LogP) is 0.305. The number of rotatable bonds is 16. The number of carboxylic acids is 1. The highest BCUT2D eigenvalue weighted by molar-refractivity contribution is 5.84. The Morgan fingerprint density at radius 1 is 1.13 bits per heavy atom. The molecule has 0 aromatic heterocycles. The van der Waals surface area contributed by atoms with Crippen molar-refractivity contribution in [2.75, 3.05) is 33.0 Å². The monoisotopic (exact) mass is 332 g/mol. The lowest BCUT2D eigenvalue weighted by Gasteiger charge is -2.14. The Hall–Kier alpha value is -1.67. The van der Waals surface area contributed by atoms with Crippen LogP contribution < -0.4 is 10.6 Å². The van der Waals surface area contributed by atoms with Crippen LogP contribution in [0.1, 0.15) is 39.0 Å². The van der Waals surface area contributed by atoms with E-state index < -0.39 is 17.9 Å². The van der Waals surface area contributed by atoms with Gasteiger partial charge in [0.25, 0.3) is 0 Å². The molecule has 23 heavy (non-hydrogen) atoms. The van der Waals surface area contributed by atoms with Crippen molar-refractivity contribution in [3.05, 3.63) is 0 Å². The molecule has 0 saturated carbocycles. The summed E-state index contributed by atoms with van der Waals surface area (Å²) in [5.74, 6) is -1.48. The molecule has 134 valence electrons. The lowest BCUT2D eigenvalue weighted by molar-refractivity contribution is -0.142. The Morgan fingerprint density at radius 2 is 1.87 bits per heavy atom. The number of ether oxygens (including phenoxy) is 2. The summed E-state index contributed by atoms with van der Waals surface area (Å²) in [4.78, 5) is 32.7. The molecule has 2 amide bonds. The number of nitrogens with one attached hydrogen (secondary N) is 2. The minimum atomic E-state index is -1.03. The number of amides is 2. The summed E-state index contributed by atoms with van der Waals surface area (Å²) in [5, 5.41) is 14.0. The van der Waals surface area contributed by atoms with Crippen molar-refractivity contribution in [2.45, 2.75) is 45.1 Å². The molecule has 1 atom stereocenters. The molecule has 0 saturated heterocycles. The van der Waals surface area contributed by atoms with Crippen LogP contribution >= 0.6 is 0 Å². The number of hydrogen-bond donors (Lipinski definition) is 3. The average Bonchev–Trinajstić information content (AvgIpc) is 2.52. The standard InChI is InChI=1S/C15H28N2O6/c1-2-3-4-5-6-13(15(20)21)17-14(19)11-23-10-9-22-8-7-16-12-18/h12-13H,2-11H2,1H3,(H,16,18)(H,17,19)(H,20,21). The van der Waals surface area contributed by atoms with Crippen molar-refractivity contribution >= 4 is 18.3 Å².